The maximum atomic E-state index is 14.1. The molecule has 140 valence electrons. The zero-order valence-electron chi connectivity index (χ0n) is 15.6. The van der Waals surface area contributed by atoms with Gasteiger partial charge in [-0.1, -0.05) is 30.0 Å². The average Bonchev–Trinajstić information content (AvgIpc) is 2.63. The quantitative estimate of drug-likeness (QED) is 0.510. The van der Waals surface area contributed by atoms with E-state index in [-0.39, 0.29) is 11.5 Å². The third kappa shape index (κ3) is 3.73. The van der Waals surface area contributed by atoms with Crippen molar-refractivity contribution in [1.82, 2.24) is 14.5 Å². The summed E-state index contributed by atoms with van der Waals surface area (Å²) in [5.41, 5.74) is 1.12. The van der Waals surface area contributed by atoms with E-state index >= 15 is 0 Å². The van der Waals surface area contributed by atoms with Crippen molar-refractivity contribution in [3.63, 3.8) is 0 Å². The number of rotatable bonds is 4. The molecule has 0 radical (unpaired) electrons. The molecule has 0 aliphatic carbocycles. The molecule has 0 spiro atoms. The van der Waals surface area contributed by atoms with E-state index in [0.29, 0.717) is 27.3 Å². The van der Waals surface area contributed by atoms with Gasteiger partial charge in [0, 0.05) is 14.1 Å². The zero-order chi connectivity index (χ0) is 19.7. The molecule has 1 unspecified atom stereocenters. The van der Waals surface area contributed by atoms with Crippen LogP contribution in [0, 0.1) is 12.7 Å². The second-order valence-electron chi connectivity index (χ2n) is 6.48. The predicted octanol–water partition coefficient (Wildman–Crippen LogP) is 3.40. The molecule has 1 atom stereocenters. The summed E-state index contributed by atoms with van der Waals surface area (Å²) in [7, 11) is 3.35. The van der Waals surface area contributed by atoms with E-state index in [0.717, 1.165) is 0 Å². The molecule has 0 N–H and O–H groups in total. The van der Waals surface area contributed by atoms with E-state index in [1.807, 2.05) is 0 Å². The minimum atomic E-state index is -0.449. The van der Waals surface area contributed by atoms with Gasteiger partial charge < -0.3 is 4.90 Å². The monoisotopic (exact) mass is 385 g/mol. The molecule has 0 saturated carbocycles. The summed E-state index contributed by atoms with van der Waals surface area (Å²) in [6.45, 7) is 3.42. The molecule has 0 aliphatic rings. The standard InChI is InChI=1S/C20H20FN3O2S/c1-12-9-10-14(11-16(12)21)24-19(26)15-7-5-6-8-17(15)22-20(24)27-13(2)18(25)23(3)4/h5-11,13H,1-4H3. The molecule has 0 aliphatic heterocycles. The molecule has 1 heterocycles. The molecule has 3 aromatic rings. The normalized spacial score (nSPS) is 12.2. The molecular formula is C20H20FN3O2S. The van der Waals surface area contributed by atoms with Gasteiger partial charge in [-0.15, -0.1) is 0 Å². The smallest absolute Gasteiger partial charge is 0.266 e. The molecule has 0 saturated heterocycles. The van der Waals surface area contributed by atoms with Crippen molar-refractivity contribution >= 4 is 28.6 Å². The number of nitrogens with zero attached hydrogens (tertiary/aromatic N) is 3. The summed E-state index contributed by atoms with van der Waals surface area (Å²) < 4.78 is 15.5. The predicted molar refractivity (Wildman–Crippen MR) is 106 cm³/mol. The highest BCUT2D eigenvalue weighted by Gasteiger charge is 2.21. The van der Waals surface area contributed by atoms with Crippen LogP contribution < -0.4 is 5.56 Å². The molecule has 3 rings (SSSR count). The molecular weight excluding hydrogens is 365 g/mol. The Hall–Kier alpha value is -2.67. The number of carbonyl (C=O) groups excluding carboxylic acids is 1. The zero-order valence-corrected chi connectivity index (χ0v) is 16.4. The van der Waals surface area contributed by atoms with Gasteiger partial charge in [0.2, 0.25) is 5.91 Å². The first-order valence-corrected chi connectivity index (χ1v) is 9.33. The Bertz CT molecular complexity index is 1080. The second kappa shape index (κ2) is 7.52. The number of thioether (sulfide) groups is 1. The van der Waals surface area contributed by atoms with Gasteiger partial charge in [0.15, 0.2) is 5.16 Å². The number of halogens is 1. The van der Waals surface area contributed by atoms with Crippen molar-refractivity contribution < 1.29 is 9.18 Å². The van der Waals surface area contributed by atoms with Gasteiger partial charge in [-0.3, -0.25) is 14.2 Å². The summed E-state index contributed by atoms with van der Waals surface area (Å²) >= 11 is 1.18. The number of amides is 1. The van der Waals surface area contributed by atoms with Gasteiger partial charge in [-0.05, 0) is 43.7 Å². The van der Waals surface area contributed by atoms with Crippen LogP contribution in [-0.2, 0) is 4.79 Å². The first kappa shape index (κ1) is 19.1. The lowest BCUT2D eigenvalue weighted by Gasteiger charge is -2.19. The topological polar surface area (TPSA) is 55.2 Å². The Morgan fingerprint density at radius 3 is 2.59 bits per heavy atom. The molecule has 0 bridgehead atoms. The fourth-order valence-corrected chi connectivity index (χ4v) is 3.78. The van der Waals surface area contributed by atoms with E-state index < -0.39 is 11.1 Å². The third-order valence-electron chi connectivity index (χ3n) is 4.23. The number of para-hydroxylation sites is 1. The molecule has 7 heteroatoms. The van der Waals surface area contributed by atoms with Gasteiger partial charge in [0.25, 0.3) is 5.56 Å². The Morgan fingerprint density at radius 1 is 1.22 bits per heavy atom. The van der Waals surface area contributed by atoms with Crippen LogP contribution in [0.1, 0.15) is 12.5 Å². The number of aromatic nitrogens is 2. The Morgan fingerprint density at radius 2 is 1.93 bits per heavy atom. The molecule has 2 aromatic carbocycles. The highest BCUT2D eigenvalue weighted by atomic mass is 32.2. The van der Waals surface area contributed by atoms with E-state index in [4.69, 9.17) is 0 Å². The Balaban J connectivity index is 2.22. The van der Waals surface area contributed by atoms with Crippen molar-refractivity contribution in [3.8, 4) is 5.69 Å². The fraction of sp³-hybridized carbons (Fsp3) is 0.250. The Labute approximate surface area is 160 Å². The largest absolute Gasteiger partial charge is 0.348 e. The summed E-state index contributed by atoms with van der Waals surface area (Å²) in [6, 6.07) is 11.6. The highest BCUT2D eigenvalue weighted by molar-refractivity contribution is 8.00. The number of fused-ring (bicyclic) bond motifs is 1. The van der Waals surface area contributed by atoms with Crippen LogP contribution >= 0.6 is 11.8 Å². The number of hydrogen-bond acceptors (Lipinski definition) is 4. The van der Waals surface area contributed by atoms with E-state index in [1.54, 1.807) is 64.3 Å². The summed E-state index contributed by atoms with van der Waals surface area (Å²) in [5, 5.41) is 0.341. The average molecular weight is 385 g/mol. The van der Waals surface area contributed by atoms with Crippen LogP contribution in [0.5, 0.6) is 0 Å². The van der Waals surface area contributed by atoms with E-state index in [1.165, 1.54) is 27.3 Å². The van der Waals surface area contributed by atoms with Crippen LogP contribution in [0.25, 0.3) is 16.6 Å². The number of benzene rings is 2. The molecule has 27 heavy (non-hydrogen) atoms. The van der Waals surface area contributed by atoms with Crippen molar-refractivity contribution in [2.24, 2.45) is 0 Å². The van der Waals surface area contributed by atoms with Crippen molar-refractivity contribution in [3.05, 3.63) is 64.2 Å². The minimum absolute atomic E-state index is 0.0935. The second-order valence-corrected chi connectivity index (χ2v) is 7.79. The van der Waals surface area contributed by atoms with Crippen LogP contribution in [-0.4, -0.2) is 39.7 Å². The fourth-order valence-electron chi connectivity index (χ4n) is 2.71. The number of aryl methyl sites for hydroxylation is 1. The molecule has 0 fully saturated rings. The van der Waals surface area contributed by atoms with Crippen molar-refractivity contribution in [2.75, 3.05) is 14.1 Å². The maximum absolute atomic E-state index is 14.1. The van der Waals surface area contributed by atoms with E-state index in [9.17, 15) is 14.0 Å². The van der Waals surface area contributed by atoms with E-state index in [2.05, 4.69) is 4.98 Å². The highest BCUT2D eigenvalue weighted by Crippen LogP contribution is 2.26. The first-order valence-electron chi connectivity index (χ1n) is 8.45. The van der Waals surface area contributed by atoms with Crippen molar-refractivity contribution in [2.45, 2.75) is 24.3 Å². The number of carbonyl (C=O) groups is 1. The van der Waals surface area contributed by atoms with Gasteiger partial charge >= 0.3 is 0 Å². The van der Waals surface area contributed by atoms with Crippen LogP contribution in [0.3, 0.4) is 0 Å². The van der Waals surface area contributed by atoms with Gasteiger partial charge in [-0.25, -0.2) is 9.37 Å². The summed E-state index contributed by atoms with van der Waals surface area (Å²) in [4.78, 5) is 31.5. The SMILES string of the molecule is Cc1ccc(-n2c(SC(C)C(=O)N(C)C)nc3ccccc3c2=O)cc1F. The molecule has 1 amide bonds. The maximum Gasteiger partial charge on any atom is 0.266 e. The molecule has 5 nitrogen and oxygen atoms in total. The summed E-state index contributed by atoms with van der Waals surface area (Å²) in [6.07, 6.45) is 0. The first-order chi connectivity index (χ1) is 12.8. The van der Waals surface area contributed by atoms with Gasteiger partial charge in [0.1, 0.15) is 5.82 Å². The Kier molecular flexibility index (Phi) is 5.32. The minimum Gasteiger partial charge on any atom is -0.348 e. The third-order valence-corrected chi connectivity index (χ3v) is 5.27. The van der Waals surface area contributed by atoms with Crippen LogP contribution in [0.2, 0.25) is 0 Å². The lowest BCUT2D eigenvalue weighted by Crippen LogP contribution is -2.31. The summed E-state index contributed by atoms with van der Waals surface area (Å²) in [5.74, 6) is -0.495. The lowest BCUT2D eigenvalue weighted by atomic mass is 10.2. The van der Waals surface area contributed by atoms with Crippen LogP contribution in [0.4, 0.5) is 4.39 Å². The van der Waals surface area contributed by atoms with Crippen molar-refractivity contribution in [1.29, 1.82) is 0 Å². The lowest BCUT2D eigenvalue weighted by molar-refractivity contribution is -0.127. The van der Waals surface area contributed by atoms with Gasteiger partial charge in [-0.2, -0.15) is 0 Å². The van der Waals surface area contributed by atoms with Gasteiger partial charge in [0.05, 0.1) is 21.8 Å². The molecule has 1 aromatic heterocycles. The number of hydrogen-bond donors (Lipinski definition) is 0. The van der Waals surface area contributed by atoms with Crippen LogP contribution in [0.15, 0.2) is 52.4 Å².